The summed E-state index contributed by atoms with van der Waals surface area (Å²) in [4.78, 5) is 21.9. The van der Waals surface area contributed by atoms with E-state index in [9.17, 15) is 20.0 Å². The van der Waals surface area contributed by atoms with Gasteiger partial charge in [0.05, 0.1) is 11.1 Å². The number of phenols is 1. The largest absolute Gasteiger partial charge is 0.507 e. The van der Waals surface area contributed by atoms with Gasteiger partial charge in [-0.2, -0.15) is 5.10 Å². The number of phenolic OH excluding ortho intramolecular Hbond substituents is 1. The lowest BCUT2D eigenvalue weighted by atomic mass is 10.1. The molecule has 0 spiro atoms. The molecule has 1 amide bonds. The molecule has 26 heavy (non-hydrogen) atoms. The monoisotopic (exact) mass is 377 g/mol. The van der Waals surface area contributed by atoms with Gasteiger partial charge >= 0.3 is 0 Å². The van der Waals surface area contributed by atoms with Crippen LogP contribution in [0.2, 0.25) is 5.02 Å². The molecule has 0 aliphatic carbocycles. The number of carbonyl (C=O) groups excluding carboxylic acids is 1. The van der Waals surface area contributed by atoms with Crippen molar-refractivity contribution in [3.05, 3.63) is 62.2 Å². The predicted octanol–water partition coefficient (Wildman–Crippen LogP) is 3.10. The summed E-state index contributed by atoms with van der Waals surface area (Å²) in [7, 11) is 0. The summed E-state index contributed by atoms with van der Waals surface area (Å²) in [5.41, 5.74) is 3.79. The number of ether oxygens (including phenoxy) is 1. The van der Waals surface area contributed by atoms with Crippen molar-refractivity contribution in [3.8, 4) is 11.5 Å². The Morgan fingerprint density at radius 3 is 2.62 bits per heavy atom. The molecule has 0 bridgehead atoms. The first-order chi connectivity index (χ1) is 12.3. The van der Waals surface area contributed by atoms with Gasteiger partial charge in [0.2, 0.25) is 0 Å². The van der Waals surface area contributed by atoms with E-state index < -0.39 is 10.8 Å². The normalized spacial score (nSPS) is 10.7. The van der Waals surface area contributed by atoms with Gasteiger partial charge in [-0.3, -0.25) is 14.9 Å². The van der Waals surface area contributed by atoms with Crippen LogP contribution in [0.4, 0.5) is 5.69 Å². The molecule has 2 aromatic rings. The lowest BCUT2D eigenvalue weighted by molar-refractivity contribution is -0.384. The minimum atomic E-state index is -0.598. The highest BCUT2D eigenvalue weighted by Gasteiger charge is 2.09. The van der Waals surface area contributed by atoms with Crippen LogP contribution in [0.25, 0.3) is 0 Å². The molecule has 2 aromatic carbocycles. The molecule has 0 heterocycles. The van der Waals surface area contributed by atoms with Gasteiger partial charge < -0.3 is 9.84 Å². The Hall–Kier alpha value is -3.13. The average Bonchev–Trinajstić information content (AvgIpc) is 2.59. The molecule has 0 atom stereocenters. The molecule has 136 valence electrons. The van der Waals surface area contributed by atoms with Crippen molar-refractivity contribution in [1.82, 2.24) is 5.43 Å². The summed E-state index contributed by atoms with van der Waals surface area (Å²) in [6.45, 7) is 3.38. The number of rotatable bonds is 6. The van der Waals surface area contributed by atoms with E-state index in [0.717, 1.165) is 29.5 Å². The zero-order chi connectivity index (χ0) is 19.3. The van der Waals surface area contributed by atoms with Crippen LogP contribution < -0.4 is 10.2 Å². The standard InChI is InChI=1S/C17H16ClN3O5/c1-10-5-14(6-11(2)17(10)18)26-9-16(23)20-19-8-12-7-13(21(24)25)3-4-15(12)22/h3-8,22H,9H2,1-2H3,(H,20,23)/b19-8-. The van der Waals surface area contributed by atoms with Gasteiger partial charge in [-0.15, -0.1) is 0 Å². The fourth-order valence-electron chi connectivity index (χ4n) is 2.10. The Balaban J connectivity index is 1.94. The molecular formula is C17H16ClN3O5. The second-order valence-electron chi connectivity index (χ2n) is 5.45. The number of hydrazone groups is 1. The van der Waals surface area contributed by atoms with E-state index in [-0.39, 0.29) is 23.6 Å². The lowest BCUT2D eigenvalue weighted by Crippen LogP contribution is -2.24. The molecule has 0 aliphatic heterocycles. The molecule has 0 saturated heterocycles. The predicted molar refractivity (Wildman–Crippen MR) is 96.9 cm³/mol. The fraction of sp³-hybridized carbons (Fsp3) is 0.176. The topological polar surface area (TPSA) is 114 Å². The Kier molecular flexibility index (Phi) is 6.13. The first kappa shape index (κ1) is 19.2. The average molecular weight is 378 g/mol. The molecule has 0 aliphatic rings. The van der Waals surface area contributed by atoms with Crippen molar-refractivity contribution in [2.45, 2.75) is 13.8 Å². The van der Waals surface area contributed by atoms with Gasteiger partial charge in [0.15, 0.2) is 6.61 Å². The third kappa shape index (κ3) is 4.93. The highest BCUT2D eigenvalue weighted by molar-refractivity contribution is 6.32. The van der Waals surface area contributed by atoms with E-state index >= 15 is 0 Å². The number of nitrogens with one attached hydrogen (secondary N) is 1. The number of amides is 1. The maximum atomic E-state index is 11.8. The number of carbonyl (C=O) groups is 1. The van der Waals surface area contributed by atoms with E-state index in [2.05, 4.69) is 10.5 Å². The van der Waals surface area contributed by atoms with Crippen molar-refractivity contribution in [2.24, 2.45) is 5.10 Å². The molecule has 2 N–H and O–H groups in total. The van der Waals surface area contributed by atoms with E-state index in [0.29, 0.717) is 10.8 Å². The summed E-state index contributed by atoms with van der Waals surface area (Å²) >= 11 is 6.07. The van der Waals surface area contributed by atoms with Gasteiger partial charge in [-0.1, -0.05) is 11.6 Å². The van der Waals surface area contributed by atoms with Crippen LogP contribution in [0.5, 0.6) is 11.5 Å². The number of aryl methyl sites for hydroxylation is 2. The van der Waals surface area contributed by atoms with Crippen LogP contribution in [0, 0.1) is 24.0 Å². The Morgan fingerprint density at radius 1 is 1.35 bits per heavy atom. The highest BCUT2D eigenvalue weighted by Crippen LogP contribution is 2.25. The SMILES string of the molecule is Cc1cc(OCC(=O)N/N=C\c2cc([N+](=O)[O-])ccc2O)cc(C)c1Cl. The maximum absolute atomic E-state index is 11.8. The van der Waals surface area contributed by atoms with Gasteiger partial charge in [0.25, 0.3) is 11.6 Å². The molecule has 0 fully saturated rings. The molecule has 8 nitrogen and oxygen atoms in total. The molecule has 2 rings (SSSR count). The molecule has 0 radical (unpaired) electrons. The minimum Gasteiger partial charge on any atom is -0.507 e. The van der Waals surface area contributed by atoms with Crippen molar-refractivity contribution < 1.29 is 19.6 Å². The smallest absolute Gasteiger partial charge is 0.277 e. The second kappa shape index (κ2) is 8.30. The molecule has 0 unspecified atom stereocenters. The third-order valence-corrected chi connectivity index (χ3v) is 3.99. The Labute approximate surface area is 154 Å². The van der Waals surface area contributed by atoms with E-state index in [1.807, 2.05) is 13.8 Å². The number of hydrogen-bond donors (Lipinski definition) is 2. The lowest BCUT2D eigenvalue weighted by Gasteiger charge is -2.09. The number of nitro groups is 1. The first-order valence-electron chi connectivity index (χ1n) is 7.47. The van der Waals surface area contributed by atoms with Crippen LogP contribution in [-0.2, 0) is 4.79 Å². The Bertz CT molecular complexity index is 860. The fourth-order valence-corrected chi connectivity index (χ4v) is 2.21. The van der Waals surface area contributed by atoms with Crippen molar-refractivity contribution in [3.63, 3.8) is 0 Å². The van der Waals surface area contributed by atoms with Gasteiger partial charge in [-0.25, -0.2) is 5.43 Å². The highest BCUT2D eigenvalue weighted by atomic mass is 35.5. The third-order valence-electron chi connectivity index (χ3n) is 3.39. The van der Waals surface area contributed by atoms with Crippen LogP contribution in [0.15, 0.2) is 35.4 Å². The van der Waals surface area contributed by atoms with E-state index in [1.165, 1.54) is 6.07 Å². The summed E-state index contributed by atoms with van der Waals surface area (Å²) < 4.78 is 5.38. The molecule has 0 saturated carbocycles. The van der Waals surface area contributed by atoms with Crippen LogP contribution in [0.1, 0.15) is 16.7 Å². The number of benzene rings is 2. The first-order valence-corrected chi connectivity index (χ1v) is 7.84. The van der Waals surface area contributed by atoms with Crippen LogP contribution in [0.3, 0.4) is 0 Å². The quantitative estimate of drug-likeness (QED) is 0.456. The number of non-ortho nitro benzene ring substituents is 1. The molecular weight excluding hydrogens is 362 g/mol. The molecule has 9 heteroatoms. The van der Waals surface area contributed by atoms with Crippen molar-refractivity contribution >= 4 is 29.4 Å². The second-order valence-corrected chi connectivity index (χ2v) is 5.83. The van der Waals surface area contributed by atoms with Crippen molar-refractivity contribution in [1.29, 1.82) is 0 Å². The number of halogens is 1. The van der Waals surface area contributed by atoms with Crippen molar-refractivity contribution in [2.75, 3.05) is 6.61 Å². The summed E-state index contributed by atoms with van der Waals surface area (Å²) in [5, 5.41) is 24.7. The number of nitrogens with zero attached hydrogens (tertiary/aromatic N) is 2. The summed E-state index contributed by atoms with van der Waals surface area (Å²) in [5.74, 6) is -0.228. The maximum Gasteiger partial charge on any atom is 0.277 e. The van der Waals surface area contributed by atoms with Gasteiger partial charge in [-0.05, 0) is 43.2 Å². The van der Waals surface area contributed by atoms with E-state index in [1.54, 1.807) is 12.1 Å². The van der Waals surface area contributed by atoms with Crippen LogP contribution >= 0.6 is 11.6 Å². The number of hydrogen-bond acceptors (Lipinski definition) is 6. The zero-order valence-corrected chi connectivity index (χ0v) is 14.8. The minimum absolute atomic E-state index is 0.101. The van der Waals surface area contributed by atoms with Gasteiger partial charge in [0.1, 0.15) is 11.5 Å². The number of nitro benzene ring substituents is 1. The summed E-state index contributed by atoms with van der Waals surface area (Å²) in [6.07, 6.45) is 1.11. The van der Waals surface area contributed by atoms with Crippen LogP contribution in [-0.4, -0.2) is 28.8 Å². The summed E-state index contributed by atoms with van der Waals surface area (Å²) in [6, 6.07) is 6.91. The van der Waals surface area contributed by atoms with E-state index in [4.69, 9.17) is 16.3 Å². The molecule has 0 aromatic heterocycles. The zero-order valence-electron chi connectivity index (χ0n) is 14.0. The van der Waals surface area contributed by atoms with Gasteiger partial charge in [0, 0.05) is 22.7 Å². The number of aromatic hydroxyl groups is 1. The Morgan fingerprint density at radius 2 is 2.00 bits per heavy atom.